The fourth-order valence-corrected chi connectivity index (χ4v) is 710. The average molecular weight is 456 g/mol. The third-order valence-corrected chi connectivity index (χ3v) is 273. The third-order valence-electron chi connectivity index (χ3n) is 0.375. The molecule has 0 bridgehead atoms. The molecule has 6 heteroatoms. The molecule has 0 atom stereocenters. The molecule has 1 fully saturated rings. The minimum atomic E-state index is 1.00. The van der Waals surface area contributed by atoms with Gasteiger partial charge >= 0.3 is 69.7 Å². The van der Waals surface area contributed by atoms with Gasteiger partial charge in [-0.1, -0.05) is 0 Å². The predicted octanol–water partition coefficient (Wildman–Crippen LogP) is -3.89. The molecule has 0 aliphatic carbocycles. The van der Waals surface area contributed by atoms with Crippen LogP contribution < -0.4 is 0 Å². The van der Waals surface area contributed by atoms with Gasteiger partial charge in [0.05, 0.1) is 0 Å². The molecule has 0 N–H and O–H groups in total. The molecule has 0 radical (unpaired) electrons. The van der Waals surface area contributed by atoms with Crippen molar-refractivity contribution in [2.24, 2.45) is 0 Å². The molecule has 0 aromatic heterocycles. The van der Waals surface area contributed by atoms with Gasteiger partial charge in [-0.15, -0.1) is 0 Å². The molecule has 0 aromatic rings. The SMILES string of the molecule is [AsH]1[AsH][AsH][AsH][AsH][AsH]1. The zero-order valence-corrected chi connectivity index (χ0v) is 15.6. The quantitative estimate of drug-likeness (QED) is 0.328. The molecule has 0 amide bonds. The van der Waals surface area contributed by atoms with Crippen molar-refractivity contribution in [3.05, 3.63) is 0 Å². The van der Waals surface area contributed by atoms with E-state index in [9.17, 15) is 0 Å². The summed E-state index contributed by atoms with van der Waals surface area (Å²) in [7, 11) is 0. The molecule has 36 valence electrons. The van der Waals surface area contributed by atoms with Crippen LogP contribution in [0, 0.1) is 0 Å². The Balaban J connectivity index is 2.00. The molecule has 0 aromatic carbocycles. The number of hydrogen-bond acceptors (Lipinski definition) is 0. The normalized spacial score (nSPS) is 48.0. The number of hydrogen-bond donors (Lipinski definition) is 0. The predicted molar refractivity (Wildman–Crippen MR) is 42.9 cm³/mol. The Morgan fingerprint density at radius 1 is 0.333 bits per heavy atom. The van der Waals surface area contributed by atoms with Crippen molar-refractivity contribution in [2.45, 2.75) is 0 Å². The maximum atomic E-state index is 1.00. The Kier molecular flexibility index (Phi) is 6.41. The van der Waals surface area contributed by atoms with Crippen LogP contribution in [0.3, 0.4) is 0 Å². The summed E-state index contributed by atoms with van der Waals surface area (Å²) in [5.74, 6) is 0. The molecule has 1 aliphatic rings. The van der Waals surface area contributed by atoms with Gasteiger partial charge in [-0.25, -0.2) is 0 Å². The third kappa shape index (κ3) is 3.39. The Bertz CT molecular complexity index is 15.5. The molecular weight excluding hydrogens is 450 g/mol. The van der Waals surface area contributed by atoms with Gasteiger partial charge in [-0.2, -0.15) is 0 Å². The topological polar surface area (TPSA) is 0 Å². The molecule has 0 unspecified atom stereocenters. The zero-order valence-electron chi connectivity index (χ0n) is 3.00. The summed E-state index contributed by atoms with van der Waals surface area (Å²) in [5.41, 5.74) is 0. The van der Waals surface area contributed by atoms with Crippen LogP contribution in [0.5, 0.6) is 0 Å². The van der Waals surface area contributed by atoms with Crippen LogP contribution in [0.2, 0.25) is 0 Å². The summed E-state index contributed by atoms with van der Waals surface area (Å²) < 4.78 is 0. The molecule has 0 spiro atoms. The van der Waals surface area contributed by atoms with Gasteiger partial charge in [0.2, 0.25) is 0 Å². The summed E-state index contributed by atoms with van der Waals surface area (Å²) in [6.07, 6.45) is 0. The first-order valence-electron chi connectivity index (χ1n) is 1.50. The van der Waals surface area contributed by atoms with Gasteiger partial charge in [0.25, 0.3) is 0 Å². The van der Waals surface area contributed by atoms with Crippen molar-refractivity contribution >= 4 is 69.7 Å². The van der Waals surface area contributed by atoms with E-state index in [1.807, 2.05) is 0 Å². The van der Waals surface area contributed by atoms with E-state index >= 15 is 0 Å². The first-order chi connectivity index (χ1) is 3.00. The second kappa shape index (κ2) is 5.16. The standard InChI is InChI=1S/As6H6/c1-2-4-6-5-3-1/h1-6H. The first kappa shape index (κ1) is 7.46. The van der Waals surface area contributed by atoms with Gasteiger partial charge in [-0.05, 0) is 0 Å². The van der Waals surface area contributed by atoms with Crippen LogP contribution in [-0.2, 0) is 0 Å². The molecule has 6 heavy (non-hydrogen) atoms. The summed E-state index contributed by atoms with van der Waals surface area (Å²) in [4.78, 5) is 0. The van der Waals surface area contributed by atoms with Crippen molar-refractivity contribution in [2.75, 3.05) is 0 Å². The molecule has 1 heterocycles. The van der Waals surface area contributed by atoms with Crippen LogP contribution in [-0.4, -0.2) is 69.7 Å². The van der Waals surface area contributed by atoms with Crippen molar-refractivity contribution in [1.82, 2.24) is 0 Å². The van der Waals surface area contributed by atoms with E-state index < -0.39 is 0 Å². The molecule has 1 rings (SSSR count). The second-order valence-electron chi connectivity index (χ2n) is 0.750. The fourth-order valence-electron chi connectivity index (χ4n) is 0.188. The van der Waals surface area contributed by atoms with Crippen molar-refractivity contribution < 1.29 is 0 Å². The van der Waals surface area contributed by atoms with Crippen LogP contribution in [0.1, 0.15) is 0 Å². The van der Waals surface area contributed by atoms with Gasteiger partial charge < -0.3 is 0 Å². The average Bonchev–Trinajstić information content (AvgIpc) is 1.72. The van der Waals surface area contributed by atoms with Gasteiger partial charge in [-0.3, -0.25) is 0 Å². The second-order valence-corrected chi connectivity index (χ2v) is 105. The monoisotopic (exact) mass is 456 g/mol. The van der Waals surface area contributed by atoms with Crippen LogP contribution in [0.15, 0.2) is 0 Å². The van der Waals surface area contributed by atoms with E-state index in [0.717, 1.165) is 69.7 Å². The molecule has 1 saturated heterocycles. The van der Waals surface area contributed by atoms with Crippen LogP contribution in [0.4, 0.5) is 0 Å². The van der Waals surface area contributed by atoms with E-state index in [-0.39, 0.29) is 0 Å². The Morgan fingerprint density at radius 2 is 0.500 bits per heavy atom. The van der Waals surface area contributed by atoms with Gasteiger partial charge in [0, 0.05) is 0 Å². The Labute approximate surface area is 68.0 Å². The zero-order chi connectivity index (χ0) is 4.24. The summed E-state index contributed by atoms with van der Waals surface area (Å²) in [6.45, 7) is 0. The summed E-state index contributed by atoms with van der Waals surface area (Å²) in [5, 5.41) is 0. The van der Waals surface area contributed by atoms with E-state index in [1.165, 1.54) is 0 Å². The first-order valence-corrected chi connectivity index (χ1v) is 40.5. The van der Waals surface area contributed by atoms with Crippen molar-refractivity contribution in [3.8, 4) is 0 Å². The van der Waals surface area contributed by atoms with E-state index in [0.29, 0.717) is 0 Å². The molecule has 1 aliphatic heterocycles. The molecular formula is H6As6. The summed E-state index contributed by atoms with van der Waals surface area (Å²) in [6, 6.07) is 0. The van der Waals surface area contributed by atoms with Gasteiger partial charge in [0.1, 0.15) is 0 Å². The Morgan fingerprint density at radius 3 is 0.667 bits per heavy atom. The van der Waals surface area contributed by atoms with E-state index in [1.54, 1.807) is 0 Å². The molecule has 0 saturated carbocycles. The summed E-state index contributed by atoms with van der Waals surface area (Å²) >= 11 is 6.00. The number of rotatable bonds is 0. The maximum absolute atomic E-state index is 1.00. The van der Waals surface area contributed by atoms with Gasteiger partial charge in [0.15, 0.2) is 0 Å². The van der Waals surface area contributed by atoms with E-state index in [2.05, 4.69) is 0 Å². The van der Waals surface area contributed by atoms with Crippen molar-refractivity contribution in [3.63, 3.8) is 0 Å². The molecule has 0 nitrogen and oxygen atoms in total. The van der Waals surface area contributed by atoms with E-state index in [4.69, 9.17) is 0 Å². The van der Waals surface area contributed by atoms with Crippen molar-refractivity contribution in [1.29, 1.82) is 0 Å². The van der Waals surface area contributed by atoms with Crippen LogP contribution >= 0.6 is 0 Å². The minimum absolute atomic E-state index is 1.00. The fraction of sp³-hybridized carbons (Fsp3) is 0. The Hall–Kier alpha value is 3.35. The van der Waals surface area contributed by atoms with Crippen LogP contribution in [0.25, 0.3) is 0 Å².